The summed E-state index contributed by atoms with van der Waals surface area (Å²) in [5.74, 6) is 0.504. The monoisotopic (exact) mass is 473 g/mol. The minimum absolute atomic E-state index is 0. The third-order valence-corrected chi connectivity index (χ3v) is 7.66. The molecular weight excluding hydrogens is 442 g/mol. The molecule has 0 radical (unpaired) electrons. The summed E-state index contributed by atoms with van der Waals surface area (Å²) >= 11 is 0. The van der Waals surface area contributed by atoms with Crippen LogP contribution >= 0.6 is 0 Å². The van der Waals surface area contributed by atoms with E-state index in [4.69, 9.17) is 0 Å². The molecule has 3 aromatic rings. The Bertz CT molecular complexity index is 1270. The molecule has 8 nitrogen and oxygen atoms in total. The van der Waals surface area contributed by atoms with Gasteiger partial charge in [-0.3, -0.25) is 14.4 Å². The van der Waals surface area contributed by atoms with Crippen LogP contribution in [0.4, 0.5) is 5.69 Å². The first-order valence-electron chi connectivity index (χ1n) is 12.3. The second-order valence-electron chi connectivity index (χ2n) is 9.99. The lowest BCUT2D eigenvalue weighted by Gasteiger charge is -2.30. The van der Waals surface area contributed by atoms with Crippen LogP contribution < -0.4 is 16.0 Å². The number of aromatic nitrogens is 1. The van der Waals surface area contributed by atoms with Gasteiger partial charge in [-0.2, -0.15) is 0 Å². The molecule has 1 aliphatic carbocycles. The first kappa shape index (κ1) is 21.7. The molecule has 5 atom stereocenters. The zero-order chi connectivity index (χ0) is 24.1. The highest BCUT2D eigenvalue weighted by molar-refractivity contribution is 6.00. The fourth-order valence-corrected chi connectivity index (χ4v) is 5.63. The summed E-state index contributed by atoms with van der Waals surface area (Å²) in [6, 6.07) is 16.5. The average Bonchev–Trinajstić information content (AvgIpc) is 3.22. The van der Waals surface area contributed by atoms with Crippen molar-refractivity contribution in [1.29, 1.82) is 0 Å². The van der Waals surface area contributed by atoms with E-state index in [0.29, 0.717) is 30.5 Å². The predicted molar refractivity (Wildman–Crippen MR) is 135 cm³/mol. The maximum absolute atomic E-state index is 13.3. The van der Waals surface area contributed by atoms with Gasteiger partial charge in [0.2, 0.25) is 11.8 Å². The number of nitrogens with one attached hydrogen (secondary N) is 4. The molecule has 4 N–H and O–H groups in total. The highest BCUT2D eigenvalue weighted by Crippen LogP contribution is 2.49. The van der Waals surface area contributed by atoms with Crippen molar-refractivity contribution in [1.82, 2.24) is 20.5 Å². The van der Waals surface area contributed by atoms with Crippen molar-refractivity contribution in [3.8, 4) is 0 Å². The lowest BCUT2D eigenvalue weighted by molar-refractivity contribution is -0.134. The molecule has 6 rings (SSSR count). The number of rotatable bonds is 6. The number of amides is 3. The van der Waals surface area contributed by atoms with Crippen LogP contribution in [0, 0.1) is 11.8 Å². The minimum Gasteiger partial charge on any atom is -0.373 e. The lowest BCUT2D eigenvalue weighted by Crippen LogP contribution is -2.52. The van der Waals surface area contributed by atoms with Crippen LogP contribution in [0.5, 0.6) is 0 Å². The first-order chi connectivity index (χ1) is 17.0. The maximum atomic E-state index is 13.3. The number of likely N-dealkylation sites (tertiary alicyclic amines) is 1. The van der Waals surface area contributed by atoms with Gasteiger partial charge in [-0.15, -0.1) is 0 Å². The molecule has 2 fully saturated rings. The normalized spacial score (nSPS) is 24.9. The van der Waals surface area contributed by atoms with Gasteiger partial charge in [-0.05, 0) is 48.9 Å². The zero-order valence-electron chi connectivity index (χ0n) is 19.6. The standard InChI is InChI=1S/C27H29N5O3.H2/c1-15(29-26(34)22-11-16-6-2-4-8-20(16)30-22)25(33)28-13-24-19-10-18(19)14-32(24)27(35)23-12-17-7-3-5-9-21(17)31-23;/h2-9,11,15,18-19,23-24,30-31H,10,12-14H2,1H3,(H,28,33)(H,29,34);1H/t15-,18?,19?,23?,24?;/m0./s1. The Kier molecular flexibility index (Phi) is 5.24. The molecule has 182 valence electrons. The minimum atomic E-state index is -0.694. The van der Waals surface area contributed by atoms with E-state index in [0.717, 1.165) is 29.6 Å². The van der Waals surface area contributed by atoms with Crippen molar-refractivity contribution in [2.24, 2.45) is 11.8 Å². The number of carbonyl (C=O) groups excluding carboxylic acids is 3. The average molecular weight is 474 g/mol. The number of nitrogens with zero attached hydrogens (tertiary/aromatic N) is 1. The molecule has 1 saturated carbocycles. The quantitative estimate of drug-likeness (QED) is 0.441. The largest absolute Gasteiger partial charge is 0.373 e. The number of hydrogen-bond acceptors (Lipinski definition) is 4. The molecule has 0 spiro atoms. The summed E-state index contributed by atoms with van der Waals surface area (Å²) in [6.07, 6.45) is 1.80. The number of carbonyl (C=O) groups is 3. The van der Waals surface area contributed by atoms with Crippen molar-refractivity contribution in [3.05, 3.63) is 65.9 Å². The van der Waals surface area contributed by atoms with Crippen molar-refractivity contribution in [2.45, 2.75) is 37.9 Å². The third-order valence-electron chi connectivity index (χ3n) is 7.66. The number of H-pyrrole nitrogens is 1. The summed E-state index contributed by atoms with van der Waals surface area (Å²) in [6.45, 7) is 2.83. The number of hydrogen-bond donors (Lipinski definition) is 4. The SMILES string of the molecule is C[C@H](NC(=O)c1cc2ccccc2[nH]1)C(=O)NCC1C2CC2CN1C(=O)C1Cc2ccccc2N1.[HH]. The number of benzene rings is 2. The van der Waals surface area contributed by atoms with E-state index in [9.17, 15) is 14.4 Å². The predicted octanol–water partition coefficient (Wildman–Crippen LogP) is 2.53. The van der Waals surface area contributed by atoms with Gasteiger partial charge in [0.25, 0.3) is 5.91 Å². The van der Waals surface area contributed by atoms with E-state index in [1.54, 1.807) is 13.0 Å². The van der Waals surface area contributed by atoms with E-state index < -0.39 is 6.04 Å². The fraction of sp³-hybridized carbons (Fsp3) is 0.370. The first-order valence-corrected chi connectivity index (χ1v) is 12.3. The number of para-hydroxylation sites is 2. The highest BCUT2D eigenvalue weighted by atomic mass is 16.2. The van der Waals surface area contributed by atoms with Gasteiger partial charge in [0.05, 0.1) is 6.04 Å². The number of fused-ring (bicyclic) bond motifs is 3. The van der Waals surface area contributed by atoms with Crippen LogP contribution in [0.25, 0.3) is 10.9 Å². The van der Waals surface area contributed by atoms with Crippen LogP contribution in [-0.2, 0) is 16.0 Å². The maximum Gasteiger partial charge on any atom is 0.268 e. The van der Waals surface area contributed by atoms with Crippen LogP contribution in [0.2, 0.25) is 0 Å². The topological polar surface area (TPSA) is 106 Å². The molecule has 2 aromatic carbocycles. The number of piperidine rings is 1. The summed E-state index contributed by atoms with van der Waals surface area (Å²) in [5, 5.41) is 10.1. The molecule has 1 saturated heterocycles. The third kappa shape index (κ3) is 4.03. The van der Waals surface area contributed by atoms with E-state index >= 15 is 0 Å². The number of anilines is 1. The van der Waals surface area contributed by atoms with Gasteiger partial charge in [0, 0.05) is 37.5 Å². The van der Waals surface area contributed by atoms with Gasteiger partial charge in [-0.25, -0.2) is 0 Å². The smallest absolute Gasteiger partial charge is 0.268 e. The van der Waals surface area contributed by atoms with Crippen molar-refractivity contribution in [2.75, 3.05) is 18.4 Å². The van der Waals surface area contributed by atoms with E-state index in [2.05, 4.69) is 27.0 Å². The molecule has 4 unspecified atom stereocenters. The Morgan fingerprint density at radius 3 is 2.77 bits per heavy atom. The van der Waals surface area contributed by atoms with E-state index in [1.807, 2.05) is 47.4 Å². The van der Waals surface area contributed by atoms with Gasteiger partial charge >= 0.3 is 0 Å². The van der Waals surface area contributed by atoms with Crippen molar-refractivity contribution >= 4 is 34.3 Å². The van der Waals surface area contributed by atoms with Crippen LogP contribution in [-0.4, -0.2) is 58.8 Å². The summed E-state index contributed by atoms with van der Waals surface area (Å²) in [5.41, 5.74) is 3.49. The Balaban J connectivity index is 0.00000267. The second kappa shape index (κ2) is 8.45. The molecule has 3 heterocycles. The number of aromatic amines is 1. The molecule has 3 amide bonds. The van der Waals surface area contributed by atoms with Crippen molar-refractivity contribution in [3.63, 3.8) is 0 Å². The Hall–Kier alpha value is -3.81. The summed E-state index contributed by atoms with van der Waals surface area (Å²) in [7, 11) is 0. The van der Waals surface area contributed by atoms with Gasteiger partial charge < -0.3 is 25.8 Å². The fourth-order valence-electron chi connectivity index (χ4n) is 5.63. The van der Waals surface area contributed by atoms with E-state index in [-0.39, 0.29) is 31.2 Å². The van der Waals surface area contributed by atoms with Gasteiger partial charge in [0.15, 0.2) is 0 Å². The molecule has 8 heteroatoms. The Labute approximate surface area is 204 Å². The zero-order valence-corrected chi connectivity index (χ0v) is 19.6. The van der Waals surface area contributed by atoms with E-state index in [1.165, 1.54) is 5.56 Å². The lowest BCUT2D eigenvalue weighted by atomic mass is 10.1. The van der Waals surface area contributed by atoms with Crippen LogP contribution in [0.1, 0.15) is 30.8 Å². The van der Waals surface area contributed by atoms with Crippen LogP contribution in [0.3, 0.4) is 0 Å². The highest BCUT2D eigenvalue weighted by Gasteiger charge is 2.54. The summed E-state index contributed by atoms with van der Waals surface area (Å²) in [4.78, 5) is 43.8. The molecule has 2 aliphatic heterocycles. The Morgan fingerprint density at radius 2 is 1.94 bits per heavy atom. The molecule has 35 heavy (non-hydrogen) atoms. The van der Waals surface area contributed by atoms with Crippen molar-refractivity contribution < 1.29 is 15.8 Å². The molecule has 3 aliphatic rings. The molecule has 0 bridgehead atoms. The Morgan fingerprint density at radius 1 is 1.14 bits per heavy atom. The molecular formula is C27H31N5O3. The van der Waals surface area contributed by atoms with Gasteiger partial charge in [0.1, 0.15) is 17.8 Å². The summed E-state index contributed by atoms with van der Waals surface area (Å²) < 4.78 is 0. The molecule has 1 aromatic heterocycles. The van der Waals surface area contributed by atoms with Crippen LogP contribution in [0.15, 0.2) is 54.6 Å². The second-order valence-corrected chi connectivity index (χ2v) is 9.99. The van der Waals surface area contributed by atoms with Gasteiger partial charge in [-0.1, -0.05) is 36.4 Å².